The Balaban J connectivity index is 1.50. The van der Waals surface area contributed by atoms with Gasteiger partial charge in [-0.25, -0.2) is 0 Å². The van der Waals surface area contributed by atoms with Gasteiger partial charge in [0.25, 0.3) is 0 Å². The van der Waals surface area contributed by atoms with Crippen molar-refractivity contribution >= 4 is 11.8 Å². The summed E-state index contributed by atoms with van der Waals surface area (Å²) in [7, 11) is 0. The molecule has 1 N–H and O–H groups in total. The number of carbonyl (C=O) groups excluding carboxylic acids is 2. The Labute approximate surface area is 173 Å². The Morgan fingerprint density at radius 1 is 1.24 bits per heavy atom. The van der Waals surface area contributed by atoms with E-state index in [9.17, 15) is 9.59 Å². The van der Waals surface area contributed by atoms with E-state index in [1.54, 1.807) is 0 Å². The zero-order valence-corrected chi connectivity index (χ0v) is 17.6. The first kappa shape index (κ1) is 20.3. The number of amides is 2. The average molecular weight is 400 g/mol. The smallest absolute Gasteiger partial charge is 0.223 e. The highest BCUT2D eigenvalue weighted by atomic mass is 16.2. The van der Waals surface area contributed by atoms with Crippen molar-refractivity contribution in [2.45, 2.75) is 71.0 Å². The molecule has 1 aromatic rings. The van der Waals surface area contributed by atoms with E-state index in [-0.39, 0.29) is 17.9 Å². The number of fused-ring (bicyclic) bond motifs is 4. The number of nitrogens with zero attached hydrogens (tertiary/aromatic N) is 4. The minimum atomic E-state index is 0.0956. The fraction of sp³-hybridized carbons (Fsp3) is 0.727. The van der Waals surface area contributed by atoms with Crippen LogP contribution in [0, 0.1) is 18.8 Å². The van der Waals surface area contributed by atoms with Gasteiger partial charge in [0.15, 0.2) is 0 Å². The second-order valence-electron chi connectivity index (χ2n) is 8.98. The highest BCUT2D eigenvalue weighted by Crippen LogP contribution is 2.41. The molecule has 4 heterocycles. The number of aromatic nitrogens is 2. The number of hydrogen-bond donors (Lipinski definition) is 1. The molecule has 0 radical (unpaired) electrons. The summed E-state index contributed by atoms with van der Waals surface area (Å²) in [5.41, 5.74) is 1.93. The van der Waals surface area contributed by atoms with Gasteiger partial charge in [-0.3, -0.25) is 24.5 Å². The molecule has 158 valence electrons. The lowest BCUT2D eigenvalue weighted by Crippen LogP contribution is -2.67. The first-order valence-corrected chi connectivity index (χ1v) is 11.1. The summed E-state index contributed by atoms with van der Waals surface area (Å²) in [6.45, 7) is 7.30. The van der Waals surface area contributed by atoms with Crippen LogP contribution in [0.5, 0.6) is 0 Å². The fourth-order valence-electron chi connectivity index (χ4n) is 5.53. The lowest BCUT2D eigenvalue weighted by Gasteiger charge is -2.56. The van der Waals surface area contributed by atoms with E-state index < -0.39 is 0 Å². The Morgan fingerprint density at radius 2 is 2.07 bits per heavy atom. The van der Waals surface area contributed by atoms with Crippen LogP contribution in [-0.2, 0) is 16.1 Å². The molecule has 0 aromatic carbocycles. The second kappa shape index (κ2) is 8.78. The van der Waals surface area contributed by atoms with Gasteiger partial charge >= 0.3 is 0 Å². The van der Waals surface area contributed by atoms with Crippen LogP contribution in [0.1, 0.15) is 56.8 Å². The minimum absolute atomic E-state index is 0.0956. The molecular weight excluding hydrogens is 366 g/mol. The largest absolute Gasteiger partial charge is 0.354 e. The third-order valence-electron chi connectivity index (χ3n) is 6.78. The summed E-state index contributed by atoms with van der Waals surface area (Å²) in [5.74, 6) is 1.29. The van der Waals surface area contributed by atoms with E-state index in [4.69, 9.17) is 0 Å². The van der Waals surface area contributed by atoms with Gasteiger partial charge in [-0.15, -0.1) is 0 Å². The standard InChI is InChI=1S/C22H33N5O2/c1-3-5-21(28)25-11-20-17-8-16(19-6-4-7-22(29)27(19)20)12-26(13-17)14-18-10-23-15(2)9-24-18/h9-10,16-17,19-20H,3-8,11-14H2,1-2H3,(H,25,28)/t16-,17+,19+,20+/m1/s1. The molecule has 0 spiro atoms. The molecule has 4 atom stereocenters. The predicted molar refractivity (Wildman–Crippen MR) is 110 cm³/mol. The Kier molecular flexibility index (Phi) is 6.13. The molecule has 3 aliphatic heterocycles. The molecule has 7 nitrogen and oxygen atoms in total. The maximum Gasteiger partial charge on any atom is 0.223 e. The summed E-state index contributed by atoms with van der Waals surface area (Å²) >= 11 is 0. The summed E-state index contributed by atoms with van der Waals surface area (Å²) in [6, 6.07) is 0.421. The predicted octanol–water partition coefficient (Wildman–Crippen LogP) is 1.90. The Morgan fingerprint density at radius 3 is 2.83 bits per heavy atom. The van der Waals surface area contributed by atoms with Crippen molar-refractivity contribution < 1.29 is 9.59 Å². The second-order valence-corrected chi connectivity index (χ2v) is 8.98. The van der Waals surface area contributed by atoms with Crippen LogP contribution >= 0.6 is 0 Å². The van der Waals surface area contributed by atoms with Gasteiger partial charge < -0.3 is 10.2 Å². The van der Waals surface area contributed by atoms with Crippen molar-refractivity contribution in [1.29, 1.82) is 0 Å². The van der Waals surface area contributed by atoms with Gasteiger partial charge in [-0.05, 0) is 44.4 Å². The molecular formula is C22H33N5O2. The van der Waals surface area contributed by atoms with Crippen LogP contribution in [-0.4, -0.2) is 63.3 Å². The molecule has 3 saturated heterocycles. The summed E-state index contributed by atoms with van der Waals surface area (Å²) < 4.78 is 0. The van der Waals surface area contributed by atoms with E-state index in [2.05, 4.69) is 25.1 Å². The van der Waals surface area contributed by atoms with Gasteiger partial charge in [0.05, 0.1) is 17.4 Å². The maximum atomic E-state index is 12.8. The molecule has 1 aromatic heterocycles. The third kappa shape index (κ3) is 4.44. The zero-order chi connectivity index (χ0) is 20.4. The fourth-order valence-corrected chi connectivity index (χ4v) is 5.53. The number of aryl methyl sites for hydroxylation is 1. The van der Waals surface area contributed by atoms with Crippen molar-refractivity contribution in [3.63, 3.8) is 0 Å². The zero-order valence-electron chi connectivity index (χ0n) is 17.6. The van der Waals surface area contributed by atoms with Crippen LogP contribution in [0.4, 0.5) is 0 Å². The highest BCUT2D eigenvalue weighted by Gasteiger charge is 2.49. The average Bonchev–Trinajstić information content (AvgIpc) is 2.70. The van der Waals surface area contributed by atoms with Crippen LogP contribution < -0.4 is 5.32 Å². The lowest BCUT2D eigenvalue weighted by atomic mass is 9.72. The van der Waals surface area contributed by atoms with Crippen molar-refractivity contribution in [2.24, 2.45) is 11.8 Å². The van der Waals surface area contributed by atoms with Crippen molar-refractivity contribution in [3.05, 3.63) is 23.8 Å². The number of nitrogens with one attached hydrogen (secondary N) is 1. The molecule has 2 bridgehead atoms. The third-order valence-corrected chi connectivity index (χ3v) is 6.78. The van der Waals surface area contributed by atoms with Crippen molar-refractivity contribution in [3.8, 4) is 0 Å². The van der Waals surface area contributed by atoms with Gasteiger partial charge in [0.2, 0.25) is 11.8 Å². The van der Waals surface area contributed by atoms with Crippen LogP contribution in [0.3, 0.4) is 0 Å². The molecule has 0 aliphatic carbocycles. The molecule has 29 heavy (non-hydrogen) atoms. The van der Waals surface area contributed by atoms with E-state index >= 15 is 0 Å². The topological polar surface area (TPSA) is 78.4 Å². The van der Waals surface area contributed by atoms with E-state index in [1.807, 2.05) is 26.2 Å². The van der Waals surface area contributed by atoms with Gasteiger partial charge in [0, 0.05) is 57.5 Å². The SMILES string of the molecule is CCCC(=O)NC[C@H]1[C@H]2C[C@H](CN(Cc3cnc(C)cn3)C2)[C@@H]2CCCC(=O)N21. The first-order valence-electron chi connectivity index (χ1n) is 11.1. The maximum absolute atomic E-state index is 12.8. The minimum Gasteiger partial charge on any atom is -0.354 e. The molecule has 2 amide bonds. The molecule has 3 aliphatic rings. The molecule has 0 saturated carbocycles. The number of rotatable bonds is 6. The monoisotopic (exact) mass is 399 g/mol. The van der Waals surface area contributed by atoms with Crippen LogP contribution in [0.2, 0.25) is 0 Å². The van der Waals surface area contributed by atoms with Crippen molar-refractivity contribution in [1.82, 2.24) is 25.1 Å². The molecule has 4 rings (SSSR count). The summed E-state index contributed by atoms with van der Waals surface area (Å²) in [5, 5.41) is 3.11. The lowest BCUT2D eigenvalue weighted by molar-refractivity contribution is -0.153. The molecule has 7 heteroatoms. The molecule has 3 fully saturated rings. The van der Waals surface area contributed by atoms with Gasteiger partial charge in [-0.2, -0.15) is 0 Å². The van der Waals surface area contributed by atoms with Gasteiger partial charge in [-0.1, -0.05) is 6.92 Å². The van der Waals surface area contributed by atoms with E-state index in [0.29, 0.717) is 37.3 Å². The van der Waals surface area contributed by atoms with Crippen LogP contribution in [0.25, 0.3) is 0 Å². The summed E-state index contributed by atoms with van der Waals surface area (Å²) in [4.78, 5) is 38.5. The van der Waals surface area contributed by atoms with Crippen molar-refractivity contribution in [2.75, 3.05) is 19.6 Å². The number of piperidine rings is 3. The van der Waals surface area contributed by atoms with Gasteiger partial charge in [0.1, 0.15) is 0 Å². The normalized spacial score (nSPS) is 29.4. The Bertz CT molecular complexity index is 737. The molecule has 0 unspecified atom stereocenters. The number of carbonyl (C=O) groups is 2. The first-order chi connectivity index (χ1) is 14.0. The highest BCUT2D eigenvalue weighted by molar-refractivity contribution is 5.78. The van der Waals surface area contributed by atoms with Crippen LogP contribution in [0.15, 0.2) is 12.4 Å². The number of hydrogen-bond acceptors (Lipinski definition) is 5. The number of likely N-dealkylation sites (tertiary alicyclic amines) is 1. The Hall–Kier alpha value is -2.02. The summed E-state index contributed by atoms with van der Waals surface area (Å²) in [6.07, 6.45) is 8.97. The van der Waals surface area contributed by atoms with E-state index in [1.165, 1.54) is 0 Å². The van der Waals surface area contributed by atoms with E-state index in [0.717, 1.165) is 56.7 Å². The quantitative estimate of drug-likeness (QED) is 0.791.